The van der Waals surface area contributed by atoms with Crippen LogP contribution in [-0.2, 0) is 4.74 Å². The van der Waals surface area contributed by atoms with E-state index in [9.17, 15) is 0 Å². The lowest BCUT2D eigenvalue weighted by molar-refractivity contribution is -0.0204. The summed E-state index contributed by atoms with van der Waals surface area (Å²) in [6.45, 7) is 13.1. The molecular weight excluding hydrogens is 258 g/mol. The fourth-order valence-corrected chi connectivity index (χ4v) is 4.15. The lowest BCUT2D eigenvalue weighted by atomic mass is 9.84. The largest absolute Gasteiger partial charge is 0.376 e. The van der Waals surface area contributed by atoms with Gasteiger partial charge in [0, 0.05) is 6.54 Å². The minimum Gasteiger partial charge on any atom is -0.376 e. The van der Waals surface area contributed by atoms with Crippen molar-refractivity contribution in [1.29, 1.82) is 0 Å². The lowest BCUT2D eigenvalue weighted by Crippen LogP contribution is -2.26. The van der Waals surface area contributed by atoms with Crippen molar-refractivity contribution in [2.45, 2.75) is 84.8 Å². The van der Waals surface area contributed by atoms with Crippen LogP contribution in [0.1, 0.15) is 72.6 Å². The van der Waals surface area contributed by atoms with E-state index in [0.717, 1.165) is 17.8 Å². The Bertz CT molecular complexity index is 281. The van der Waals surface area contributed by atoms with Gasteiger partial charge in [0.25, 0.3) is 0 Å². The van der Waals surface area contributed by atoms with Crippen LogP contribution in [0.25, 0.3) is 0 Å². The molecule has 0 aromatic rings. The van der Waals surface area contributed by atoms with Crippen LogP contribution in [0.5, 0.6) is 0 Å². The molecule has 1 unspecified atom stereocenters. The molecule has 124 valence electrons. The highest BCUT2D eigenvalue weighted by molar-refractivity contribution is 4.78. The number of ether oxygens (including phenoxy) is 1. The van der Waals surface area contributed by atoms with Crippen LogP contribution in [-0.4, -0.2) is 36.7 Å². The summed E-state index contributed by atoms with van der Waals surface area (Å²) in [7, 11) is 0. The first-order valence-corrected chi connectivity index (χ1v) is 9.42. The highest BCUT2D eigenvalue weighted by Gasteiger charge is 2.25. The van der Waals surface area contributed by atoms with E-state index in [1.165, 1.54) is 64.6 Å². The van der Waals surface area contributed by atoms with Crippen LogP contribution in [0, 0.1) is 17.8 Å². The maximum absolute atomic E-state index is 5.95. The summed E-state index contributed by atoms with van der Waals surface area (Å²) >= 11 is 0. The Morgan fingerprint density at radius 2 is 1.71 bits per heavy atom. The van der Waals surface area contributed by atoms with E-state index in [1.54, 1.807) is 0 Å². The minimum absolute atomic E-state index is 0.399. The summed E-state index contributed by atoms with van der Waals surface area (Å²) in [6, 6.07) is 0. The molecular formula is C19H37NO. The maximum Gasteiger partial charge on any atom is 0.0578 e. The normalized spacial score (nSPS) is 31.4. The van der Waals surface area contributed by atoms with Gasteiger partial charge in [-0.25, -0.2) is 0 Å². The van der Waals surface area contributed by atoms with Gasteiger partial charge in [-0.2, -0.15) is 0 Å². The average molecular weight is 296 g/mol. The molecule has 0 spiro atoms. The summed E-state index contributed by atoms with van der Waals surface area (Å²) in [6.07, 6.45) is 10.6. The fourth-order valence-electron chi connectivity index (χ4n) is 4.15. The number of likely N-dealkylation sites (tertiary alicyclic amines) is 1. The Labute approximate surface area is 132 Å². The number of hydrogen-bond acceptors (Lipinski definition) is 2. The second-order valence-electron chi connectivity index (χ2n) is 8.06. The van der Waals surface area contributed by atoms with Crippen molar-refractivity contribution in [3.8, 4) is 0 Å². The molecule has 1 saturated carbocycles. The third-order valence-electron chi connectivity index (χ3n) is 5.60. The summed E-state index contributed by atoms with van der Waals surface area (Å²) in [5, 5.41) is 0. The van der Waals surface area contributed by atoms with Crippen molar-refractivity contribution < 1.29 is 4.74 Å². The molecule has 1 aliphatic carbocycles. The summed E-state index contributed by atoms with van der Waals surface area (Å²) < 4.78 is 5.95. The third kappa shape index (κ3) is 5.90. The van der Waals surface area contributed by atoms with E-state index < -0.39 is 0 Å². The lowest BCUT2D eigenvalue weighted by Gasteiger charge is -2.30. The van der Waals surface area contributed by atoms with Crippen molar-refractivity contribution >= 4 is 0 Å². The van der Waals surface area contributed by atoms with Crippen molar-refractivity contribution in [3.63, 3.8) is 0 Å². The summed E-state index contributed by atoms with van der Waals surface area (Å²) in [5.41, 5.74) is 0. The highest BCUT2D eigenvalue weighted by atomic mass is 16.5. The Balaban J connectivity index is 1.54. The summed E-state index contributed by atoms with van der Waals surface area (Å²) in [5.74, 6) is 2.79. The Hall–Kier alpha value is -0.0800. The average Bonchev–Trinajstić information content (AvgIpc) is 2.89. The highest BCUT2D eigenvalue weighted by Crippen LogP contribution is 2.30. The van der Waals surface area contributed by atoms with E-state index in [2.05, 4.69) is 32.6 Å². The van der Waals surface area contributed by atoms with Gasteiger partial charge in [0.2, 0.25) is 0 Å². The first-order chi connectivity index (χ1) is 10.0. The van der Waals surface area contributed by atoms with Crippen LogP contribution >= 0.6 is 0 Å². The molecule has 0 aromatic carbocycles. The molecule has 2 rings (SSSR count). The van der Waals surface area contributed by atoms with E-state index in [4.69, 9.17) is 4.74 Å². The molecule has 0 aromatic heterocycles. The van der Waals surface area contributed by atoms with E-state index in [-0.39, 0.29) is 0 Å². The van der Waals surface area contributed by atoms with Crippen LogP contribution in [0.15, 0.2) is 0 Å². The molecule has 0 N–H and O–H groups in total. The second-order valence-corrected chi connectivity index (χ2v) is 8.06. The molecule has 21 heavy (non-hydrogen) atoms. The molecule has 1 atom stereocenters. The Morgan fingerprint density at radius 3 is 2.29 bits per heavy atom. The van der Waals surface area contributed by atoms with E-state index >= 15 is 0 Å². The number of nitrogens with zero attached hydrogens (tertiary/aromatic N) is 1. The molecule has 2 fully saturated rings. The van der Waals surface area contributed by atoms with Crippen molar-refractivity contribution in [2.24, 2.45) is 17.8 Å². The third-order valence-corrected chi connectivity index (χ3v) is 5.60. The first-order valence-electron chi connectivity index (χ1n) is 9.42. The van der Waals surface area contributed by atoms with Gasteiger partial charge in [-0.05, 0) is 89.6 Å². The molecule has 2 nitrogen and oxygen atoms in total. The van der Waals surface area contributed by atoms with Gasteiger partial charge >= 0.3 is 0 Å². The maximum atomic E-state index is 5.95. The Kier molecular flexibility index (Phi) is 7.01. The van der Waals surface area contributed by atoms with Crippen LogP contribution < -0.4 is 0 Å². The predicted octanol–water partition coefficient (Wildman–Crippen LogP) is 4.73. The van der Waals surface area contributed by atoms with Crippen molar-refractivity contribution in [1.82, 2.24) is 4.90 Å². The predicted molar refractivity (Wildman–Crippen MR) is 90.6 cm³/mol. The quantitative estimate of drug-likeness (QED) is 0.673. The summed E-state index contributed by atoms with van der Waals surface area (Å²) in [4.78, 5) is 2.71. The van der Waals surface area contributed by atoms with Gasteiger partial charge in [-0.15, -0.1) is 0 Å². The molecule has 0 radical (unpaired) electrons. The van der Waals surface area contributed by atoms with E-state index in [0.29, 0.717) is 12.2 Å². The molecule has 1 saturated heterocycles. The SMILES string of the molecule is CC(C)O[C@H]1CC[C@H](CCCN2CCC(C(C)C)C2)CC1. The fraction of sp³-hybridized carbons (Fsp3) is 1.00. The van der Waals surface area contributed by atoms with E-state index in [1.807, 2.05) is 0 Å². The molecule has 2 heteroatoms. The zero-order valence-electron chi connectivity index (χ0n) is 14.8. The van der Waals surface area contributed by atoms with Crippen LogP contribution in [0.4, 0.5) is 0 Å². The molecule has 2 aliphatic rings. The van der Waals surface area contributed by atoms with Gasteiger partial charge < -0.3 is 9.64 Å². The first kappa shape index (κ1) is 17.3. The zero-order chi connectivity index (χ0) is 15.2. The standard InChI is InChI=1S/C19H37NO/c1-15(2)18-11-13-20(14-18)12-5-6-17-7-9-19(10-8-17)21-16(3)4/h15-19H,5-14H2,1-4H3/t17-,18?,19-. The van der Waals surface area contributed by atoms with Crippen molar-refractivity contribution in [3.05, 3.63) is 0 Å². The van der Waals surface area contributed by atoms with Gasteiger partial charge in [-0.1, -0.05) is 13.8 Å². The van der Waals surface area contributed by atoms with Gasteiger partial charge in [0.05, 0.1) is 12.2 Å². The zero-order valence-corrected chi connectivity index (χ0v) is 14.8. The topological polar surface area (TPSA) is 12.5 Å². The molecule has 0 bridgehead atoms. The van der Waals surface area contributed by atoms with Crippen molar-refractivity contribution in [2.75, 3.05) is 19.6 Å². The number of hydrogen-bond donors (Lipinski definition) is 0. The Morgan fingerprint density at radius 1 is 1.00 bits per heavy atom. The van der Waals surface area contributed by atoms with Gasteiger partial charge in [0.15, 0.2) is 0 Å². The molecule has 0 amide bonds. The number of rotatable bonds is 7. The van der Waals surface area contributed by atoms with Crippen LogP contribution in [0.3, 0.4) is 0 Å². The van der Waals surface area contributed by atoms with Gasteiger partial charge in [-0.3, -0.25) is 0 Å². The monoisotopic (exact) mass is 295 g/mol. The second kappa shape index (κ2) is 8.53. The smallest absolute Gasteiger partial charge is 0.0578 e. The van der Waals surface area contributed by atoms with Gasteiger partial charge in [0.1, 0.15) is 0 Å². The minimum atomic E-state index is 0.399. The van der Waals surface area contributed by atoms with Crippen LogP contribution in [0.2, 0.25) is 0 Å². The molecule has 1 aliphatic heterocycles. The molecule has 1 heterocycles.